The summed E-state index contributed by atoms with van der Waals surface area (Å²) in [6.07, 6.45) is 4.29. The van der Waals surface area contributed by atoms with Crippen molar-refractivity contribution in [3.63, 3.8) is 0 Å². The average molecular weight is 466 g/mol. The lowest BCUT2D eigenvalue weighted by atomic mass is 9.85. The lowest BCUT2D eigenvalue weighted by Crippen LogP contribution is -2.45. The van der Waals surface area contributed by atoms with Gasteiger partial charge in [-0.3, -0.25) is 9.78 Å². The van der Waals surface area contributed by atoms with Crippen molar-refractivity contribution >= 4 is 17.2 Å². The summed E-state index contributed by atoms with van der Waals surface area (Å²) in [4.78, 5) is 20.9. The first-order valence-corrected chi connectivity index (χ1v) is 10.6. The molecular formula is C25H24F2N4O3. The number of hydrogen-bond donors (Lipinski definition) is 0. The van der Waals surface area contributed by atoms with E-state index in [4.69, 9.17) is 9.47 Å². The third kappa shape index (κ3) is 3.55. The zero-order valence-corrected chi connectivity index (χ0v) is 19.4. The standard InChI is InChI=1S/C25H24F2N4O3/c1-14(15(10-28)12-30(2)3)18-8-17-16(11-29-18)13-31(24(32)25(17)6-7-25)23-21(26)19(33-4)9-20(34-5)22(23)27/h8-9,11-12H,1,6-7,13H2,2-5H3/b15-12-. The van der Waals surface area contributed by atoms with Gasteiger partial charge in [0.2, 0.25) is 5.91 Å². The molecule has 0 atom stereocenters. The van der Waals surface area contributed by atoms with E-state index in [1.54, 1.807) is 37.5 Å². The molecule has 1 aliphatic heterocycles. The van der Waals surface area contributed by atoms with Gasteiger partial charge in [-0.25, -0.2) is 8.78 Å². The van der Waals surface area contributed by atoms with E-state index < -0.39 is 28.6 Å². The number of fused-ring (bicyclic) bond motifs is 2. The largest absolute Gasteiger partial charge is 0.493 e. The van der Waals surface area contributed by atoms with E-state index in [2.05, 4.69) is 17.6 Å². The van der Waals surface area contributed by atoms with Gasteiger partial charge in [-0.05, 0) is 30.0 Å². The van der Waals surface area contributed by atoms with Gasteiger partial charge in [0.15, 0.2) is 23.1 Å². The van der Waals surface area contributed by atoms with Gasteiger partial charge in [0.05, 0.1) is 37.4 Å². The van der Waals surface area contributed by atoms with Crippen molar-refractivity contribution < 1.29 is 23.0 Å². The molecule has 0 unspecified atom stereocenters. The van der Waals surface area contributed by atoms with Gasteiger partial charge in [-0.2, -0.15) is 5.26 Å². The van der Waals surface area contributed by atoms with Crippen LogP contribution in [-0.2, 0) is 16.8 Å². The summed E-state index contributed by atoms with van der Waals surface area (Å²) in [6.45, 7) is 3.94. The molecule has 2 heterocycles. The summed E-state index contributed by atoms with van der Waals surface area (Å²) in [5, 5.41) is 9.51. The number of pyridine rings is 1. The van der Waals surface area contributed by atoms with E-state index in [0.29, 0.717) is 35.2 Å². The molecule has 0 saturated heterocycles. The number of ether oxygens (including phenoxy) is 2. The lowest BCUT2D eigenvalue weighted by molar-refractivity contribution is -0.121. The molecule has 0 radical (unpaired) electrons. The minimum absolute atomic E-state index is 0.0710. The molecule has 34 heavy (non-hydrogen) atoms. The third-order valence-corrected chi connectivity index (χ3v) is 6.20. The van der Waals surface area contributed by atoms with Crippen LogP contribution in [0.5, 0.6) is 11.5 Å². The summed E-state index contributed by atoms with van der Waals surface area (Å²) >= 11 is 0. The molecule has 1 aliphatic carbocycles. The molecule has 1 amide bonds. The SMILES string of the molecule is C=C(/C(C#N)=C\N(C)C)c1cc2c(cn1)CN(c1c(F)c(OC)cc(OC)c1F)C(=O)C21CC1. The summed E-state index contributed by atoms with van der Waals surface area (Å²) < 4.78 is 40.4. The molecular weight excluding hydrogens is 442 g/mol. The number of hydrogen-bond acceptors (Lipinski definition) is 6. The fourth-order valence-electron chi connectivity index (χ4n) is 4.30. The van der Waals surface area contributed by atoms with Crippen LogP contribution in [0.25, 0.3) is 5.57 Å². The van der Waals surface area contributed by atoms with E-state index in [1.807, 2.05) is 0 Å². The Hall–Kier alpha value is -3.93. The van der Waals surface area contributed by atoms with Crippen LogP contribution < -0.4 is 14.4 Å². The number of anilines is 1. The van der Waals surface area contributed by atoms with Crippen LogP contribution in [0.1, 0.15) is 29.7 Å². The Kier molecular flexibility index (Phi) is 5.77. The van der Waals surface area contributed by atoms with E-state index in [0.717, 1.165) is 16.5 Å². The second-order valence-corrected chi connectivity index (χ2v) is 8.55. The molecule has 1 saturated carbocycles. The van der Waals surface area contributed by atoms with Crippen LogP contribution in [0.4, 0.5) is 14.5 Å². The van der Waals surface area contributed by atoms with Gasteiger partial charge in [0, 0.05) is 38.1 Å². The van der Waals surface area contributed by atoms with Gasteiger partial charge < -0.3 is 19.3 Å². The Morgan fingerprint density at radius 2 is 1.85 bits per heavy atom. The first kappa shape index (κ1) is 23.2. The van der Waals surface area contributed by atoms with E-state index >= 15 is 8.78 Å². The number of carbonyl (C=O) groups excluding carboxylic acids is 1. The van der Waals surface area contributed by atoms with Crippen LogP contribution in [-0.4, -0.2) is 44.1 Å². The van der Waals surface area contributed by atoms with Crippen molar-refractivity contribution in [2.24, 2.45) is 0 Å². The highest BCUT2D eigenvalue weighted by atomic mass is 19.1. The fourth-order valence-corrected chi connectivity index (χ4v) is 4.30. The zero-order valence-electron chi connectivity index (χ0n) is 19.4. The second kappa shape index (κ2) is 8.45. The highest BCUT2D eigenvalue weighted by Crippen LogP contribution is 2.55. The Morgan fingerprint density at radius 1 is 1.24 bits per heavy atom. The lowest BCUT2D eigenvalue weighted by Gasteiger charge is -2.35. The Balaban J connectivity index is 1.80. The molecule has 1 spiro atoms. The minimum Gasteiger partial charge on any atom is -0.493 e. The van der Waals surface area contributed by atoms with Gasteiger partial charge in [-0.1, -0.05) is 6.58 Å². The van der Waals surface area contributed by atoms with Crippen molar-refractivity contribution in [1.82, 2.24) is 9.88 Å². The Morgan fingerprint density at radius 3 is 2.35 bits per heavy atom. The van der Waals surface area contributed by atoms with Crippen molar-refractivity contribution in [3.8, 4) is 17.6 Å². The molecule has 0 bridgehead atoms. The summed E-state index contributed by atoms with van der Waals surface area (Å²) in [5.74, 6) is -2.80. The number of benzene rings is 1. The predicted molar refractivity (Wildman–Crippen MR) is 122 cm³/mol. The number of rotatable bonds is 6. The van der Waals surface area contributed by atoms with E-state index in [9.17, 15) is 10.1 Å². The molecule has 1 aromatic heterocycles. The number of amides is 1. The normalized spacial score (nSPS) is 16.1. The second-order valence-electron chi connectivity index (χ2n) is 8.55. The van der Waals surface area contributed by atoms with Crippen molar-refractivity contribution in [1.29, 1.82) is 5.26 Å². The average Bonchev–Trinajstić information content (AvgIpc) is 3.62. The van der Waals surface area contributed by atoms with E-state index in [-0.39, 0.29) is 18.0 Å². The number of carbonyl (C=O) groups is 1. The molecule has 4 rings (SSSR count). The molecule has 9 heteroatoms. The number of nitriles is 1. The smallest absolute Gasteiger partial charge is 0.238 e. The molecule has 7 nitrogen and oxygen atoms in total. The summed E-state index contributed by atoms with van der Waals surface area (Å²) in [7, 11) is 6.11. The van der Waals surface area contributed by atoms with Crippen LogP contribution in [0.15, 0.2) is 36.7 Å². The first-order valence-electron chi connectivity index (χ1n) is 10.6. The predicted octanol–water partition coefficient (Wildman–Crippen LogP) is 3.94. The first-order chi connectivity index (χ1) is 16.2. The van der Waals surface area contributed by atoms with Gasteiger partial charge in [0.1, 0.15) is 11.8 Å². The molecule has 0 N–H and O–H groups in total. The van der Waals surface area contributed by atoms with Crippen molar-refractivity contribution in [2.45, 2.75) is 24.8 Å². The Labute approximate surface area is 196 Å². The van der Waals surface area contributed by atoms with Gasteiger partial charge in [-0.15, -0.1) is 0 Å². The van der Waals surface area contributed by atoms with Crippen LogP contribution >= 0.6 is 0 Å². The fraction of sp³-hybridized carbons (Fsp3) is 0.320. The maximum atomic E-state index is 15.2. The quantitative estimate of drug-likeness (QED) is 0.474. The monoisotopic (exact) mass is 466 g/mol. The number of methoxy groups -OCH3 is 2. The third-order valence-electron chi connectivity index (χ3n) is 6.20. The van der Waals surface area contributed by atoms with Gasteiger partial charge >= 0.3 is 0 Å². The highest BCUT2D eigenvalue weighted by Gasteiger charge is 2.57. The number of halogens is 2. The summed E-state index contributed by atoms with van der Waals surface area (Å²) in [6, 6.07) is 4.99. The van der Waals surface area contributed by atoms with Crippen molar-refractivity contribution in [3.05, 3.63) is 65.1 Å². The maximum absolute atomic E-state index is 15.2. The molecule has 2 aliphatic rings. The van der Waals surface area contributed by atoms with Crippen molar-refractivity contribution in [2.75, 3.05) is 33.2 Å². The van der Waals surface area contributed by atoms with Crippen LogP contribution in [0, 0.1) is 23.0 Å². The minimum atomic E-state index is -0.973. The molecule has 2 aromatic rings. The zero-order chi connectivity index (χ0) is 24.8. The number of allylic oxidation sites excluding steroid dienone is 2. The molecule has 1 fully saturated rings. The van der Waals surface area contributed by atoms with Crippen LogP contribution in [0.2, 0.25) is 0 Å². The number of aromatic nitrogens is 1. The molecule has 176 valence electrons. The van der Waals surface area contributed by atoms with Gasteiger partial charge in [0.25, 0.3) is 0 Å². The highest BCUT2D eigenvalue weighted by molar-refractivity contribution is 6.05. The summed E-state index contributed by atoms with van der Waals surface area (Å²) in [5.41, 5.74) is 1.26. The molecule has 1 aromatic carbocycles. The van der Waals surface area contributed by atoms with Crippen LogP contribution in [0.3, 0.4) is 0 Å². The van der Waals surface area contributed by atoms with E-state index in [1.165, 1.54) is 14.2 Å². The maximum Gasteiger partial charge on any atom is 0.238 e. The Bertz CT molecular complexity index is 1250. The number of nitrogens with zero attached hydrogens (tertiary/aromatic N) is 4. The topological polar surface area (TPSA) is 78.7 Å².